The molecule has 1 aromatic rings. The van der Waals surface area contributed by atoms with Crippen molar-refractivity contribution in [1.29, 1.82) is 0 Å². The number of hydrogen-bond donors (Lipinski definition) is 1. The minimum atomic E-state index is -0.000880. The Bertz CT molecular complexity index is 425. The first kappa shape index (κ1) is 10.1. The van der Waals surface area contributed by atoms with Crippen LogP contribution in [0.5, 0.6) is 0 Å². The van der Waals surface area contributed by atoms with Crippen molar-refractivity contribution in [3.63, 3.8) is 0 Å². The molecule has 2 nitrogen and oxygen atoms in total. The first-order valence-electron chi connectivity index (χ1n) is 5.18. The summed E-state index contributed by atoms with van der Waals surface area (Å²) in [4.78, 5) is 4.19. The number of halogens is 2. The Morgan fingerprint density at radius 1 is 1.33 bits per heavy atom. The van der Waals surface area contributed by atoms with Gasteiger partial charge in [-0.1, -0.05) is 11.6 Å². The minimum absolute atomic E-state index is 0.000880. The van der Waals surface area contributed by atoms with Gasteiger partial charge in [-0.2, -0.15) is 0 Å². The zero-order valence-corrected chi connectivity index (χ0v) is 10.6. The predicted octanol–water partition coefficient (Wildman–Crippen LogP) is 3.02. The molecule has 0 amide bonds. The molecular weight excluding hydrogens is 275 g/mol. The molecule has 3 rings (SSSR count). The quantitative estimate of drug-likeness (QED) is 0.849. The van der Waals surface area contributed by atoms with Gasteiger partial charge < -0.3 is 5.73 Å². The predicted molar refractivity (Wildman–Crippen MR) is 64.0 cm³/mol. The molecule has 0 radical (unpaired) electrons. The molecule has 0 saturated heterocycles. The van der Waals surface area contributed by atoms with Crippen molar-refractivity contribution in [3.8, 4) is 0 Å². The van der Waals surface area contributed by atoms with Crippen LogP contribution in [0, 0.1) is 0 Å². The van der Waals surface area contributed by atoms with Crippen molar-refractivity contribution in [3.05, 3.63) is 27.5 Å². The molecule has 2 aliphatic carbocycles. The standard InChI is InChI=1S/C11H12BrClN2/c12-7-5-8(9(13)15-6-7)10(1-2-10)11(14)3-4-11/h5-6H,1-4,14H2. The summed E-state index contributed by atoms with van der Waals surface area (Å²) in [6, 6.07) is 2.08. The largest absolute Gasteiger partial charge is 0.324 e. The van der Waals surface area contributed by atoms with Crippen molar-refractivity contribution in [1.82, 2.24) is 4.98 Å². The van der Waals surface area contributed by atoms with E-state index >= 15 is 0 Å². The van der Waals surface area contributed by atoms with E-state index in [-0.39, 0.29) is 11.0 Å². The summed E-state index contributed by atoms with van der Waals surface area (Å²) in [5.41, 5.74) is 7.60. The van der Waals surface area contributed by atoms with Crippen LogP contribution in [0.3, 0.4) is 0 Å². The molecule has 0 aliphatic heterocycles. The first-order valence-corrected chi connectivity index (χ1v) is 6.35. The SMILES string of the molecule is NC1(C2(c3cc(Br)cnc3Cl)CC2)CC1. The van der Waals surface area contributed by atoms with E-state index in [2.05, 4.69) is 27.0 Å². The van der Waals surface area contributed by atoms with Crippen molar-refractivity contribution in [2.75, 3.05) is 0 Å². The van der Waals surface area contributed by atoms with Crippen LogP contribution >= 0.6 is 27.5 Å². The van der Waals surface area contributed by atoms with Gasteiger partial charge in [-0.05, 0) is 53.2 Å². The molecule has 2 fully saturated rings. The van der Waals surface area contributed by atoms with Crippen LogP contribution in [0.2, 0.25) is 5.15 Å². The van der Waals surface area contributed by atoms with E-state index in [1.54, 1.807) is 6.20 Å². The maximum absolute atomic E-state index is 6.34. The second kappa shape index (κ2) is 2.96. The van der Waals surface area contributed by atoms with Crippen LogP contribution in [-0.2, 0) is 5.41 Å². The Morgan fingerprint density at radius 3 is 2.53 bits per heavy atom. The highest BCUT2D eigenvalue weighted by molar-refractivity contribution is 9.10. The highest BCUT2D eigenvalue weighted by Crippen LogP contribution is 2.64. The second-order valence-electron chi connectivity index (χ2n) is 4.73. The fourth-order valence-corrected chi connectivity index (χ4v) is 3.15. The van der Waals surface area contributed by atoms with Gasteiger partial charge in [0.25, 0.3) is 0 Å². The Morgan fingerprint density at radius 2 is 2.00 bits per heavy atom. The average molecular weight is 288 g/mol. The maximum Gasteiger partial charge on any atom is 0.132 e. The molecule has 15 heavy (non-hydrogen) atoms. The van der Waals surface area contributed by atoms with Gasteiger partial charge in [-0.25, -0.2) is 4.98 Å². The molecule has 2 saturated carbocycles. The van der Waals surface area contributed by atoms with Crippen LogP contribution < -0.4 is 5.73 Å². The highest BCUT2D eigenvalue weighted by atomic mass is 79.9. The molecule has 0 bridgehead atoms. The minimum Gasteiger partial charge on any atom is -0.324 e. The van der Waals surface area contributed by atoms with Crippen LogP contribution in [0.15, 0.2) is 16.7 Å². The van der Waals surface area contributed by atoms with Crippen molar-refractivity contribution in [2.45, 2.75) is 36.6 Å². The second-order valence-corrected chi connectivity index (χ2v) is 6.00. The lowest BCUT2D eigenvalue weighted by Crippen LogP contribution is -2.37. The van der Waals surface area contributed by atoms with Crippen molar-refractivity contribution < 1.29 is 0 Å². The third kappa shape index (κ3) is 1.37. The number of nitrogens with zero attached hydrogens (tertiary/aromatic N) is 1. The van der Waals surface area contributed by atoms with Crippen molar-refractivity contribution in [2.24, 2.45) is 5.73 Å². The summed E-state index contributed by atoms with van der Waals surface area (Å²) >= 11 is 9.61. The third-order valence-corrected chi connectivity index (χ3v) is 4.55. The van der Waals surface area contributed by atoms with Gasteiger partial charge in [-0.3, -0.25) is 0 Å². The fraction of sp³-hybridized carbons (Fsp3) is 0.545. The molecule has 0 aromatic carbocycles. The molecule has 1 aromatic heterocycles. The maximum atomic E-state index is 6.34. The summed E-state index contributed by atoms with van der Waals surface area (Å²) < 4.78 is 0.984. The van der Waals surface area contributed by atoms with Gasteiger partial charge >= 0.3 is 0 Å². The number of hydrogen-bond acceptors (Lipinski definition) is 2. The molecule has 0 unspecified atom stereocenters. The Labute approximate surface area is 102 Å². The Hall–Kier alpha value is -0.120. The van der Waals surface area contributed by atoms with Gasteiger partial charge in [0.15, 0.2) is 0 Å². The van der Waals surface area contributed by atoms with E-state index in [9.17, 15) is 0 Å². The monoisotopic (exact) mass is 286 g/mol. The van der Waals surface area contributed by atoms with Crippen molar-refractivity contribution >= 4 is 27.5 Å². The van der Waals surface area contributed by atoms with E-state index < -0.39 is 0 Å². The molecule has 4 heteroatoms. The zero-order chi connectivity index (χ0) is 10.7. The molecule has 0 atom stereocenters. The van der Waals surface area contributed by atoms with Gasteiger partial charge in [0.1, 0.15) is 5.15 Å². The van der Waals surface area contributed by atoms with Crippen LogP contribution in [0.25, 0.3) is 0 Å². The summed E-state index contributed by atoms with van der Waals surface area (Å²) in [5.74, 6) is 0. The van der Waals surface area contributed by atoms with Gasteiger partial charge in [0.2, 0.25) is 0 Å². The number of pyridine rings is 1. The Balaban J connectivity index is 2.09. The third-order valence-electron chi connectivity index (χ3n) is 3.81. The van der Waals surface area contributed by atoms with Crippen LogP contribution in [-0.4, -0.2) is 10.5 Å². The molecule has 0 spiro atoms. The van der Waals surface area contributed by atoms with Crippen LogP contribution in [0.1, 0.15) is 31.2 Å². The Kier molecular flexibility index (Phi) is 1.99. The number of rotatable bonds is 2. The zero-order valence-electron chi connectivity index (χ0n) is 8.26. The molecule has 1 heterocycles. The number of aromatic nitrogens is 1. The van der Waals surface area contributed by atoms with E-state index in [1.165, 1.54) is 0 Å². The molecule has 2 N–H and O–H groups in total. The van der Waals surface area contributed by atoms with E-state index in [0.717, 1.165) is 35.7 Å². The topological polar surface area (TPSA) is 38.9 Å². The van der Waals surface area contributed by atoms with E-state index in [0.29, 0.717) is 5.15 Å². The fourth-order valence-electron chi connectivity index (χ4n) is 2.53. The van der Waals surface area contributed by atoms with Crippen LogP contribution in [0.4, 0.5) is 0 Å². The highest BCUT2D eigenvalue weighted by Gasteiger charge is 2.64. The van der Waals surface area contributed by atoms with E-state index in [4.69, 9.17) is 17.3 Å². The lowest BCUT2D eigenvalue weighted by Gasteiger charge is -2.24. The summed E-state index contributed by atoms with van der Waals surface area (Å²) in [6.45, 7) is 0. The molecule has 80 valence electrons. The average Bonchev–Trinajstić information content (AvgIpc) is 3.05. The van der Waals surface area contributed by atoms with Gasteiger partial charge in [0.05, 0.1) is 0 Å². The first-order chi connectivity index (χ1) is 7.07. The normalized spacial score (nSPS) is 25.0. The van der Waals surface area contributed by atoms with Gasteiger partial charge in [-0.15, -0.1) is 0 Å². The summed E-state index contributed by atoms with van der Waals surface area (Å²) in [6.07, 6.45) is 6.28. The number of nitrogens with two attached hydrogens (primary N) is 1. The molecular formula is C11H12BrClN2. The molecule has 2 aliphatic rings. The van der Waals surface area contributed by atoms with E-state index in [1.807, 2.05) is 0 Å². The lowest BCUT2D eigenvalue weighted by atomic mass is 9.87. The lowest BCUT2D eigenvalue weighted by molar-refractivity contribution is 0.502. The smallest absolute Gasteiger partial charge is 0.132 e. The van der Waals surface area contributed by atoms with Gasteiger partial charge in [0, 0.05) is 21.6 Å². The summed E-state index contributed by atoms with van der Waals surface area (Å²) in [7, 11) is 0. The summed E-state index contributed by atoms with van der Waals surface area (Å²) in [5, 5.41) is 0.618.